The second kappa shape index (κ2) is 10.2. The van der Waals surface area contributed by atoms with Crippen LogP contribution in [0.2, 0.25) is 0 Å². The molecule has 0 aromatic rings. The van der Waals surface area contributed by atoms with Gasteiger partial charge in [0.15, 0.2) is 0 Å². The molecule has 8 heteroatoms. The molecule has 3 fully saturated rings. The van der Waals surface area contributed by atoms with Crippen LogP contribution in [0.15, 0.2) is 25.3 Å². The van der Waals surface area contributed by atoms with E-state index in [2.05, 4.69) is 27.0 Å². The largest absolute Gasteiger partial charge is 0.461 e. The van der Waals surface area contributed by atoms with Crippen molar-refractivity contribution in [1.82, 2.24) is 9.80 Å². The Kier molecular flexibility index (Phi) is 7.99. The molecular formula is C25H38N2O5S. The number of thioether (sulfide) groups is 1. The van der Waals surface area contributed by atoms with Gasteiger partial charge < -0.3 is 19.6 Å². The van der Waals surface area contributed by atoms with Crippen molar-refractivity contribution in [3.05, 3.63) is 25.3 Å². The Morgan fingerprint density at radius 2 is 2.06 bits per heavy atom. The van der Waals surface area contributed by atoms with Gasteiger partial charge in [0, 0.05) is 17.8 Å². The van der Waals surface area contributed by atoms with Crippen molar-refractivity contribution >= 4 is 29.5 Å². The summed E-state index contributed by atoms with van der Waals surface area (Å²) in [6, 6.07) is -1.28. The summed E-state index contributed by atoms with van der Waals surface area (Å²) < 4.78 is 4.67. The van der Waals surface area contributed by atoms with Crippen LogP contribution >= 0.6 is 11.8 Å². The monoisotopic (exact) mass is 478 g/mol. The minimum Gasteiger partial charge on any atom is -0.461 e. The quantitative estimate of drug-likeness (QED) is 0.363. The molecular weight excluding hydrogens is 440 g/mol. The third kappa shape index (κ3) is 4.03. The van der Waals surface area contributed by atoms with E-state index in [1.807, 2.05) is 11.8 Å². The van der Waals surface area contributed by atoms with Gasteiger partial charge >= 0.3 is 5.97 Å². The zero-order valence-electron chi connectivity index (χ0n) is 20.2. The first-order valence-electron chi connectivity index (χ1n) is 12.0. The average Bonchev–Trinajstić information content (AvgIpc) is 3.38. The molecule has 184 valence electrons. The van der Waals surface area contributed by atoms with Crippen molar-refractivity contribution in [2.45, 2.75) is 75.1 Å². The first-order valence-corrected chi connectivity index (χ1v) is 12.9. The first-order chi connectivity index (χ1) is 15.7. The summed E-state index contributed by atoms with van der Waals surface area (Å²) >= 11 is 1.62. The normalized spacial score (nSPS) is 34.0. The van der Waals surface area contributed by atoms with Gasteiger partial charge in [0.05, 0.1) is 29.2 Å². The highest BCUT2D eigenvalue weighted by Gasteiger charge is 2.77. The molecule has 1 N–H and O–H groups in total. The van der Waals surface area contributed by atoms with Crippen molar-refractivity contribution < 1.29 is 24.2 Å². The van der Waals surface area contributed by atoms with E-state index in [9.17, 15) is 19.5 Å². The first kappa shape index (κ1) is 25.8. The van der Waals surface area contributed by atoms with E-state index < -0.39 is 34.6 Å². The fourth-order valence-electron chi connectivity index (χ4n) is 6.16. The van der Waals surface area contributed by atoms with Gasteiger partial charge in [-0.1, -0.05) is 39.0 Å². The van der Waals surface area contributed by atoms with E-state index in [0.29, 0.717) is 6.54 Å². The van der Waals surface area contributed by atoms with Gasteiger partial charge in [0.1, 0.15) is 12.6 Å². The standard InChI is InChI=1S/C25H38N2O5S/c1-7-10-16(5)26(11-8-2)23(30)21-25-15(4)13-18(33-25)19(24(31)32-12-9-3)20(25)22(29)27(21)17(6)14-28/h8-9,15-21,28H,2-3,7,10-14H2,1,4-6H3/t15?,16?,17-,18+,19-,20+,21?,25?/m1/s1. The molecule has 7 nitrogen and oxygen atoms in total. The zero-order chi connectivity index (χ0) is 24.5. The number of nitrogens with zero attached hydrogens (tertiary/aromatic N) is 2. The molecule has 3 aliphatic heterocycles. The predicted molar refractivity (Wildman–Crippen MR) is 129 cm³/mol. The van der Waals surface area contributed by atoms with Crippen LogP contribution in [-0.2, 0) is 19.1 Å². The molecule has 2 bridgehead atoms. The molecule has 3 heterocycles. The summed E-state index contributed by atoms with van der Waals surface area (Å²) in [5, 5.41) is 9.93. The Hall–Kier alpha value is -1.80. The van der Waals surface area contributed by atoms with Crippen LogP contribution in [0.1, 0.15) is 47.0 Å². The van der Waals surface area contributed by atoms with Crippen molar-refractivity contribution in [1.29, 1.82) is 0 Å². The molecule has 33 heavy (non-hydrogen) atoms. The third-order valence-corrected chi connectivity index (χ3v) is 9.70. The van der Waals surface area contributed by atoms with Crippen molar-refractivity contribution in [2.24, 2.45) is 17.8 Å². The molecule has 0 aliphatic carbocycles. The molecule has 8 atom stereocenters. The number of carbonyl (C=O) groups excluding carboxylic acids is 3. The Morgan fingerprint density at radius 3 is 2.64 bits per heavy atom. The molecule has 3 saturated heterocycles. The molecule has 2 amide bonds. The number of aliphatic hydroxyl groups is 1. The lowest BCUT2D eigenvalue weighted by molar-refractivity contribution is -0.154. The molecule has 0 saturated carbocycles. The number of hydrogen-bond donors (Lipinski definition) is 1. The molecule has 0 aromatic carbocycles. The summed E-state index contributed by atoms with van der Waals surface area (Å²) in [6.07, 6.45) is 5.75. The van der Waals surface area contributed by atoms with Crippen LogP contribution in [0.5, 0.6) is 0 Å². The Labute approximate surface area is 201 Å². The van der Waals surface area contributed by atoms with E-state index in [1.54, 1.807) is 29.7 Å². The van der Waals surface area contributed by atoms with Gasteiger partial charge in [-0.3, -0.25) is 14.4 Å². The topological polar surface area (TPSA) is 87.2 Å². The van der Waals surface area contributed by atoms with E-state index in [4.69, 9.17) is 4.74 Å². The molecule has 4 unspecified atom stereocenters. The Balaban J connectivity index is 2.09. The maximum Gasteiger partial charge on any atom is 0.311 e. The van der Waals surface area contributed by atoms with E-state index in [1.165, 1.54) is 6.08 Å². The van der Waals surface area contributed by atoms with Crippen LogP contribution in [0.25, 0.3) is 0 Å². The molecule has 3 aliphatic rings. The number of carbonyl (C=O) groups is 3. The molecule has 0 aromatic heterocycles. The van der Waals surface area contributed by atoms with Crippen LogP contribution in [0, 0.1) is 17.8 Å². The van der Waals surface area contributed by atoms with Gasteiger partial charge in [0.2, 0.25) is 11.8 Å². The maximum atomic E-state index is 14.2. The number of hydrogen-bond acceptors (Lipinski definition) is 6. The number of esters is 1. The van der Waals surface area contributed by atoms with E-state index in [-0.39, 0.29) is 42.2 Å². The van der Waals surface area contributed by atoms with E-state index >= 15 is 0 Å². The number of fused-ring (bicyclic) bond motifs is 1. The zero-order valence-corrected chi connectivity index (χ0v) is 21.1. The maximum absolute atomic E-state index is 14.2. The minimum absolute atomic E-state index is 0.00963. The fourth-order valence-corrected chi connectivity index (χ4v) is 8.55. The molecule has 0 radical (unpaired) electrons. The molecule has 3 rings (SSSR count). The van der Waals surface area contributed by atoms with Crippen molar-refractivity contribution in [3.8, 4) is 0 Å². The van der Waals surface area contributed by atoms with E-state index in [0.717, 1.165) is 19.3 Å². The summed E-state index contributed by atoms with van der Waals surface area (Å²) in [4.78, 5) is 44.5. The highest BCUT2D eigenvalue weighted by Crippen LogP contribution is 2.69. The highest BCUT2D eigenvalue weighted by molar-refractivity contribution is 8.02. The SMILES string of the molecule is C=CCOC(=O)[C@@H]1[C@@H]2CC(C)C3(S2)C(C(=O)N(CC=C)C(C)CCC)N([C@H](C)CO)C(=O)[C@H]13. The summed E-state index contributed by atoms with van der Waals surface area (Å²) in [5.74, 6) is -1.89. The van der Waals surface area contributed by atoms with Gasteiger partial charge in [-0.2, -0.15) is 0 Å². The second-order valence-electron chi connectivity index (χ2n) is 9.67. The minimum atomic E-state index is -0.737. The Morgan fingerprint density at radius 1 is 1.36 bits per heavy atom. The predicted octanol–water partition coefficient (Wildman–Crippen LogP) is 2.64. The average molecular weight is 479 g/mol. The van der Waals surface area contributed by atoms with Crippen LogP contribution in [-0.4, -0.2) is 80.6 Å². The lowest BCUT2D eigenvalue weighted by Gasteiger charge is -2.42. The summed E-state index contributed by atoms with van der Waals surface area (Å²) in [7, 11) is 0. The lowest BCUT2D eigenvalue weighted by Crippen LogP contribution is -2.60. The number of likely N-dealkylation sites (tertiary alicyclic amines) is 1. The molecule has 1 spiro atoms. The number of ether oxygens (including phenoxy) is 1. The fraction of sp³-hybridized carbons (Fsp3) is 0.720. The van der Waals surface area contributed by atoms with Gasteiger partial charge in [-0.25, -0.2) is 0 Å². The third-order valence-electron chi connectivity index (χ3n) is 7.62. The van der Waals surface area contributed by atoms with Gasteiger partial charge in [-0.05, 0) is 32.6 Å². The van der Waals surface area contributed by atoms with Crippen LogP contribution in [0.4, 0.5) is 0 Å². The number of amides is 2. The van der Waals surface area contributed by atoms with Gasteiger partial charge in [0.25, 0.3) is 0 Å². The van der Waals surface area contributed by atoms with Crippen molar-refractivity contribution in [3.63, 3.8) is 0 Å². The van der Waals surface area contributed by atoms with Gasteiger partial charge in [-0.15, -0.1) is 18.3 Å². The number of aliphatic hydroxyl groups excluding tert-OH is 1. The highest BCUT2D eigenvalue weighted by atomic mass is 32.2. The van der Waals surface area contributed by atoms with Crippen LogP contribution in [0.3, 0.4) is 0 Å². The second-order valence-corrected chi connectivity index (χ2v) is 11.2. The summed E-state index contributed by atoms with van der Waals surface area (Å²) in [6.45, 7) is 15.6. The Bertz CT molecular complexity index is 804. The lowest BCUT2D eigenvalue weighted by atomic mass is 9.66. The van der Waals surface area contributed by atoms with Crippen molar-refractivity contribution in [2.75, 3.05) is 19.8 Å². The number of rotatable bonds is 11. The van der Waals surface area contributed by atoms with Crippen LogP contribution < -0.4 is 0 Å². The smallest absolute Gasteiger partial charge is 0.311 e. The summed E-state index contributed by atoms with van der Waals surface area (Å²) in [5.41, 5.74) is 0.